The van der Waals surface area contributed by atoms with Crippen LogP contribution in [0, 0.1) is 0 Å². The van der Waals surface area contributed by atoms with Crippen LogP contribution < -0.4 is 5.73 Å². The van der Waals surface area contributed by atoms with Crippen LogP contribution in [0.4, 0.5) is 0 Å². The Hall–Kier alpha value is -1.86. The van der Waals surface area contributed by atoms with Gasteiger partial charge in [-0.05, 0) is 51.9 Å². The third kappa shape index (κ3) is 1.66. The van der Waals surface area contributed by atoms with Gasteiger partial charge in [0, 0.05) is 6.04 Å². The molecule has 0 aromatic heterocycles. The highest BCUT2D eigenvalue weighted by Gasteiger charge is 2.17. The Morgan fingerprint density at radius 2 is 1.68 bits per heavy atom. The number of nitrogens with two attached hydrogens (primary N) is 1. The molecule has 4 rings (SSSR count). The molecular formula is C18H17N. The van der Waals surface area contributed by atoms with Gasteiger partial charge in [-0.25, -0.2) is 0 Å². The van der Waals surface area contributed by atoms with Gasteiger partial charge >= 0.3 is 0 Å². The van der Waals surface area contributed by atoms with Crippen LogP contribution in [0.3, 0.4) is 0 Å². The van der Waals surface area contributed by atoms with Crippen molar-refractivity contribution in [2.45, 2.75) is 25.3 Å². The molecular weight excluding hydrogens is 230 g/mol. The van der Waals surface area contributed by atoms with Crippen LogP contribution in [-0.2, 0) is 12.8 Å². The summed E-state index contributed by atoms with van der Waals surface area (Å²) in [5.74, 6) is 0. The summed E-state index contributed by atoms with van der Waals surface area (Å²) in [6.45, 7) is 0. The van der Waals surface area contributed by atoms with E-state index in [0.29, 0.717) is 6.04 Å². The first-order valence-corrected chi connectivity index (χ1v) is 7.01. The molecule has 0 saturated carbocycles. The fourth-order valence-corrected chi connectivity index (χ4v) is 3.40. The van der Waals surface area contributed by atoms with Crippen molar-refractivity contribution in [2.75, 3.05) is 0 Å². The second-order valence-electron chi connectivity index (χ2n) is 5.59. The minimum absolute atomic E-state index is 0.338. The van der Waals surface area contributed by atoms with Gasteiger partial charge in [0.1, 0.15) is 0 Å². The summed E-state index contributed by atoms with van der Waals surface area (Å²) >= 11 is 0. The van der Waals surface area contributed by atoms with E-state index >= 15 is 0 Å². The lowest BCUT2D eigenvalue weighted by Crippen LogP contribution is -2.27. The summed E-state index contributed by atoms with van der Waals surface area (Å²) in [6.07, 6.45) is 3.25. The molecule has 1 unspecified atom stereocenters. The average molecular weight is 247 g/mol. The molecule has 1 atom stereocenters. The van der Waals surface area contributed by atoms with E-state index in [9.17, 15) is 0 Å². The van der Waals surface area contributed by atoms with Gasteiger partial charge in [0.15, 0.2) is 0 Å². The lowest BCUT2D eigenvalue weighted by atomic mass is 9.84. The molecule has 0 saturated heterocycles. The van der Waals surface area contributed by atoms with Crippen molar-refractivity contribution < 1.29 is 0 Å². The molecule has 0 amide bonds. The Balaban J connectivity index is 2.08. The quantitative estimate of drug-likeness (QED) is 0.601. The van der Waals surface area contributed by atoms with Gasteiger partial charge in [0.2, 0.25) is 0 Å². The largest absolute Gasteiger partial charge is 0.327 e. The zero-order chi connectivity index (χ0) is 12.8. The van der Waals surface area contributed by atoms with Crippen LogP contribution in [-0.4, -0.2) is 6.04 Å². The zero-order valence-corrected chi connectivity index (χ0v) is 10.9. The molecule has 1 aliphatic carbocycles. The summed E-state index contributed by atoms with van der Waals surface area (Å²) in [6, 6.07) is 18.0. The molecule has 0 spiro atoms. The van der Waals surface area contributed by atoms with Crippen LogP contribution in [0.2, 0.25) is 0 Å². The smallest absolute Gasteiger partial charge is 0.00825 e. The molecule has 0 fully saturated rings. The first kappa shape index (κ1) is 11.0. The van der Waals surface area contributed by atoms with Crippen molar-refractivity contribution >= 4 is 21.5 Å². The number of fused-ring (bicyclic) bond motifs is 5. The van der Waals surface area contributed by atoms with E-state index in [1.54, 1.807) is 0 Å². The van der Waals surface area contributed by atoms with Crippen LogP contribution in [0.1, 0.15) is 17.5 Å². The number of rotatable bonds is 0. The summed E-state index contributed by atoms with van der Waals surface area (Å²) < 4.78 is 0. The Bertz CT molecular complexity index is 773. The van der Waals surface area contributed by atoms with E-state index in [4.69, 9.17) is 5.73 Å². The zero-order valence-electron chi connectivity index (χ0n) is 10.9. The normalized spacial score (nSPS) is 18.7. The average Bonchev–Trinajstić information content (AvgIpc) is 2.46. The van der Waals surface area contributed by atoms with E-state index in [1.807, 2.05) is 0 Å². The van der Waals surface area contributed by atoms with Crippen molar-refractivity contribution in [3.63, 3.8) is 0 Å². The second-order valence-corrected chi connectivity index (χ2v) is 5.59. The van der Waals surface area contributed by atoms with E-state index < -0.39 is 0 Å². The number of benzene rings is 3. The van der Waals surface area contributed by atoms with Gasteiger partial charge in [-0.3, -0.25) is 0 Å². The van der Waals surface area contributed by atoms with E-state index in [1.165, 1.54) is 32.7 Å². The van der Waals surface area contributed by atoms with Gasteiger partial charge in [0.05, 0.1) is 0 Å². The Morgan fingerprint density at radius 1 is 0.842 bits per heavy atom. The maximum absolute atomic E-state index is 6.08. The van der Waals surface area contributed by atoms with Crippen molar-refractivity contribution in [3.05, 3.63) is 59.7 Å². The molecule has 0 heterocycles. The van der Waals surface area contributed by atoms with E-state index in [0.717, 1.165) is 19.3 Å². The van der Waals surface area contributed by atoms with Crippen LogP contribution in [0.5, 0.6) is 0 Å². The first-order chi connectivity index (χ1) is 9.33. The maximum atomic E-state index is 6.08. The fourth-order valence-electron chi connectivity index (χ4n) is 3.40. The third-order valence-electron chi connectivity index (χ3n) is 4.38. The lowest BCUT2D eigenvalue weighted by Gasteiger charge is -2.23. The molecule has 0 bridgehead atoms. The summed E-state index contributed by atoms with van der Waals surface area (Å²) in [7, 11) is 0. The highest BCUT2D eigenvalue weighted by Crippen LogP contribution is 2.32. The minimum atomic E-state index is 0.338. The van der Waals surface area contributed by atoms with Crippen molar-refractivity contribution in [1.82, 2.24) is 0 Å². The molecule has 3 aromatic rings. The highest BCUT2D eigenvalue weighted by molar-refractivity contribution is 6.08. The first-order valence-electron chi connectivity index (χ1n) is 7.01. The van der Waals surface area contributed by atoms with Gasteiger partial charge in [0.25, 0.3) is 0 Å². The second kappa shape index (κ2) is 4.07. The lowest BCUT2D eigenvalue weighted by molar-refractivity contribution is 0.579. The Morgan fingerprint density at radius 3 is 2.63 bits per heavy atom. The third-order valence-corrected chi connectivity index (χ3v) is 4.38. The van der Waals surface area contributed by atoms with Crippen LogP contribution in [0.25, 0.3) is 21.5 Å². The number of hydrogen-bond acceptors (Lipinski definition) is 1. The molecule has 0 aliphatic heterocycles. The van der Waals surface area contributed by atoms with Gasteiger partial charge in [-0.15, -0.1) is 0 Å². The number of hydrogen-bond donors (Lipinski definition) is 1. The summed E-state index contributed by atoms with van der Waals surface area (Å²) in [4.78, 5) is 0. The predicted octanol–water partition coefficient (Wildman–Crippen LogP) is 3.81. The molecule has 19 heavy (non-hydrogen) atoms. The van der Waals surface area contributed by atoms with E-state index in [2.05, 4.69) is 48.5 Å². The van der Waals surface area contributed by atoms with Crippen molar-refractivity contribution in [2.24, 2.45) is 5.73 Å². The maximum Gasteiger partial charge on any atom is 0.00825 e. The molecule has 0 radical (unpaired) electrons. The van der Waals surface area contributed by atoms with Crippen molar-refractivity contribution in [1.29, 1.82) is 0 Å². The topological polar surface area (TPSA) is 26.0 Å². The predicted molar refractivity (Wildman–Crippen MR) is 81.5 cm³/mol. The van der Waals surface area contributed by atoms with Crippen LogP contribution in [0.15, 0.2) is 48.5 Å². The molecule has 2 N–H and O–H groups in total. The van der Waals surface area contributed by atoms with E-state index in [-0.39, 0.29) is 0 Å². The van der Waals surface area contributed by atoms with Gasteiger partial charge in [-0.2, -0.15) is 0 Å². The van der Waals surface area contributed by atoms with Gasteiger partial charge < -0.3 is 5.73 Å². The Kier molecular flexibility index (Phi) is 2.36. The highest BCUT2D eigenvalue weighted by atomic mass is 14.6. The van der Waals surface area contributed by atoms with Gasteiger partial charge in [-0.1, -0.05) is 48.5 Å². The minimum Gasteiger partial charge on any atom is -0.327 e. The Labute approximate surface area is 113 Å². The summed E-state index contributed by atoms with van der Waals surface area (Å²) in [5, 5.41) is 5.48. The molecule has 1 aliphatic rings. The molecule has 3 aromatic carbocycles. The summed E-state index contributed by atoms with van der Waals surface area (Å²) in [5.41, 5.74) is 9.05. The standard InChI is InChI=1S/C18H17N/c19-14-7-10-16-13(11-14)6-9-17-15-4-2-1-3-12(15)5-8-18(16)17/h1-6,8-9,14H,7,10-11,19H2. The fraction of sp³-hybridized carbons (Fsp3) is 0.222. The number of aryl methyl sites for hydroxylation is 1. The SMILES string of the molecule is NC1CCc2c(ccc3c2ccc2ccccc23)C1. The molecule has 1 nitrogen and oxygen atoms in total. The van der Waals surface area contributed by atoms with Crippen molar-refractivity contribution in [3.8, 4) is 0 Å². The molecule has 1 heteroatoms. The monoisotopic (exact) mass is 247 g/mol. The van der Waals surface area contributed by atoms with Crippen LogP contribution >= 0.6 is 0 Å². The molecule has 94 valence electrons.